The van der Waals surface area contributed by atoms with Gasteiger partial charge >= 0.3 is 0 Å². The molecular weight excluding hydrogens is 52.0 g/mol. The van der Waals surface area contributed by atoms with Gasteiger partial charge in [0.25, 0.3) is 0 Å². The zero-order valence-electron chi connectivity index (χ0n) is 5.62. The molecule has 0 aliphatic rings. The lowest BCUT2D eigenvalue weighted by Gasteiger charge is -1.69. The Morgan fingerprint density at radius 1 is 2.50 bits per heavy atom. The topological polar surface area (TPSA) is 20.2 Å². The lowest BCUT2D eigenvalue weighted by Crippen LogP contribution is -1.69. The molecule has 0 saturated carbocycles. The summed E-state index contributed by atoms with van der Waals surface area (Å²) in [7, 11) is 0. The maximum Gasteiger partial charge on any atom is 0.210 e. The van der Waals surface area contributed by atoms with Gasteiger partial charge in [-0.2, -0.15) is 0 Å². The highest BCUT2D eigenvalue weighted by molar-refractivity contribution is 4.10. The fourth-order valence-corrected chi connectivity index (χ4v) is 0. The van der Waals surface area contributed by atoms with E-state index in [4.69, 9.17) is 4.17 Å². The zero-order valence-corrected chi connectivity index (χ0v) is 2.62. The summed E-state index contributed by atoms with van der Waals surface area (Å²) in [5.74, 6) is 0. The van der Waals surface area contributed by atoms with Gasteiger partial charge in [-0.1, -0.05) is 6.92 Å². The molecule has 0 spiro atoms. The van der Waals surface area contributed by atoms with Crippen molar-refractivity contribution in [2.24, 2.45) is 0 Å². The summed E-state index contributed by atoms with van der Waals surface area (Å²) in [6.07, 6.45) is 0.219. The van der Waals surface area contributed by atoms with Gasteiger partial charge in [0.1, 0.15) is 0 Å². The molecular formula is C3H8O. The molecule has 0 amide bonds. The van der Waals surface area contributed by atoms with Crippen molar-refractivity contribution in [3.8, 4) is 0 Å². The molecule has 0 aromatic rings. The van der Waals surface area contributed by atoms with E-state index in [-0.39, 0.29) is 6.42 Å². The molecule has 0 bridgehead atoms. The van der Waals surface area contributed by atoms with E-state index in [9.17, 15) is 0 Å². The van der Waals surface area contributed by atoms with Crippen molar-refractivity contribution in [1.29, 1.82) is 1.43 Å². The van der Waals surface area contributed by atoms with Crippen LogP contribution < -0.4 is 0 Å². The van der Waals surface area contributed by atoms with Crippen LogP contribution in [0.15, 0.2) is 0 Å². The minimum atomic E-state index is -1.75. The third kappa shape index (κ3) is 1.96. The van der Waals surface area contributed by atoms with Crippen molar-refractivity contribution < 1.29 is 7.85 Å². The fourth-order valence-electron chi connectivity index (χ4n) is 0. The zero-order chi connectivity index (χ0) is 5.91. The highest BCUT2D eigenvalue weighted by Gasteiger charge is 1.57. The van der Waals surface area contributed by atoms with Crippen molar-refractivity contribution in [3.05, 3.63) is 0 Å². The second-order valence-corrected chi connectivity index (χ2v) is 0.498. The van der Waals surface area contributed by atoms with Crippen LogP contribution in [-0.4, -0.2) is 13.1 Å². The molecule has 0 unspecified atom stereocenters. The number of aliphatic hydroxyl groups is 1. The normalized spacial score (nSPS) is 21.8. The highest BCUT2D eigenvalue weighted by Crippen LogP contribution is 1.61. The molecule has 0 radical (unpaired) electrons. The Labute approximate surface area is 30.6 Å². The smallest absolute Gasteiger partial charge is 0.210 e. The molecule has 0 fully saturated rings. The Hall–Kier alpha value is -0.0400. The molecule has 0 aromatic carbocycles. The Balaban J connectivity index is 3.36. The number of hydrogen-bond acceptors (Lipinski definition) is 1. The lowest BCUT2D eigenvalue weighted by molar-refractivity contribution is 0.295. The average Bonchev–Trinajstić information content (AvgIpc) is 1.68. The minimum absolute atomic E-state index is 0.219. The second-order valence-electron chi connectivity index (χ2n) is 0.498. The van der Waals surface area contributed by atoms with E-state index in [0.29, 0.717) is 0 Å². The van der Waals surface area contributed by atoms with Crippen molar-refractivity contribution in [1.82, 2.24) is 0 Å². The Morgan fingerprint density at radius 2 is 3.25 bits per heavy atom. The van der Waals surface area contributed by atoms with Crippen LogP contribution in [0.3, 0.4) is 0 Å². The largest absolute Gasteiger partial charge is 0.396 e. The first-order chi connectivity index (χ1) is 3.12. The predicted molar refractivity (Wildman–Crippen MR) is 17.4 cm³/mol. The molecule has 0 aromatic heterocycles. The van der Waals surface area contributed by atoms with Gasteiger partial charge in [0.05, 0.1) is 2.74 Å². The molecule has 26 valence electrons. The summed E-state index contributed by atoms with van der Waals surface area (Å²) in [5.41, 5.74) is 0. The van der Waals surface area contributed by atoms with Crippen LogP contribution in [0.5, 0.6) is 0 Å². The van der Waals surface area contributed by atoms with Crippen molar-refractivity contribution >= 4 is 0 Å². The Bertz CT molecular complexity index is 48.1. The Kier molecular flexibility index (Phi) is 0.723. The van der Waals surface area contributed by atoms with Crippen LogP contribution in [0.1, 0.15) is 16.1 Å². The van der Waals surface area contributed by atoms with Gasteiger partial charge in [0, 0.05) is 6.56 Å². The van der Waals surface area contributed by atoms with Crippen molar-refractivity contribution in [3.63, 3.8) is 0 Å². The molecule has 0 aliphatic carbocycles. The van der Waals surface area contributed by atoms with E-state index in [1.165, 1.54) is 0 Å². The molecule has 0 atom stereocenters. The monoisotopic (exact) mass is 63.1 g/mol. The first-order valence-corrected chi connectivity index (χ1v) is 1.26. The predicted octanol–water partition coefficient (Wildman–Crippen LogP) is 0.389. The van der Waals surface area contributed by atoms with Crippen LogP contribution in [0.4, 0.5) is 0 Å². The van der Waals surface area contributed by atoms with Gasteiger partial charge in [-0.05, 0) is 6.42 Å². The van der Waals surface area contributed by atoms with Crippen LogP contribution >= 0.6 is 0 Å². The van der Waals surface area contributed by atoms with Crippen LogP contribution in [0, 0.1) is 0 Å². The molecule has 1 nitrogen and oxygen atoms in total. The van der Waals surface area contributed by atoms with E-state index in [0.717, 1.165) is 0 Å². The molecule has 0 rings (SSSR count). The van der Waals surface area contributed by atoms with Gasteiger partial charge < -0.3 is 5.11 Å². The van der Waals surface area contributed by atoms with Gasteiger partial charge in [0.2, 0.25) is 1.43 Å². The fraction of sp³-hybridized carbons (Fsp3) is 1.00. The molecule has 0 aliphatic heterocycles. The number of hydrogen-bond donors (Lipinski definition) is 1. The third-order valence-corrected chi connectivity index (χ3v) is 0.144. The van der Waals surface area contributed by atoms with Crippen LogP contribution in [0.25, 0.3) is 0 Å². The average molecular weight is 63.1 g/mol. The summed E-state index contributed by atoms with van der Waals surface area (Å²) in [6, 6.07) is 0. The van der Waals surface area contributed by atoms with Crippen molar-refractivity contribution in [2.75, 3.05) is 6.56 Å². The number of rotatable bonds is 2. The molecule has 0 saturated heterocycles. The quantitative estimate of drug-likeness (QED) is 0.491. The lowest BCUT2D eigenvalue weighted by atomic mass is 10.5. The van der Waals surface area contributed by atoms with Gasteiger partial charge in [-0.3, -0.25) is 0 Å². The first kappa shape index (κ1) is 0.977. The van der Waals surface area contributed by atoms with Gasteiger partial charge in [-0.25, -0.2) is 0 Å². The van der Waals surface area contributed by atoms with E-state index in [2.05, 4.69) is 5.11 Å². The minimum Gasteiger partial charge on any atom is -0.396 e. The standard InChI is InChI=1S/C3H8O/c1-2-3-4/h4H,2-3H2,1H3/i3D2,4D. The van der Waals surface area contributed by atoms with E-state index in [1.807, 2.05) is 0 Å². The van der Waals surface area contributed by atoms with E-state index < -0.39 is 6.56 Å². The summed E-state index contributed by atoms with van der Waals surface area (Å²) in [6.45, 7) is -0.130. The molecule has 1 N–H and O–H groups in total. The summed E-state index contributed by atoms with van der Waals surface area (Å²) in [5, 5.41) is 3.67. The maximum atomic E-state index is 6.68. The van der Waals surface area contributed by atoms with Crippen molar-refractivity contribution in [2.45, 2.75) is 13.3 Å². The van der Waals surface area contributed by atoms with Crippen LogP contribution in [-0.2, 0) is 0 Å². The van der Waals surface area contributed by atoms with E-state index >= 15 is 0 Å². The van der Waals surface area contributed by atoms with E-state index in [1.54, 1.807) is 6.92 Å². The summed E-state index contributed by atoms with van der Waals surface area (Å²) >= 11 is 0. The second kappa shape index (κ2) is 2.96. The van der Waals surface area contributed by atoms with Gasteiger partial charge in [-0.15, -0.1) is 0 Å². The van der Waals surface area contributed by atoms with Gasteiger partial charge in [0.15, 0.2) is 0 Å². The molecule has 1 heteroatoms. The summed E-state index contributed by atoms with van der Waals surface area (Å²) in [4.78, 5) is 0. The molecule has 0 heterocycles. The maximum absolute atomic E-state index is 6.68. The SMILES string of the molecule is [2H]OC([2H])([2H])CC. The Morgan fingerprint density at radius 3 is 3.25 bits per heavy atom. The highest BCUT2D eigenvalue weighted by atomic mass is 16.2. The van der Waals surface area contributed by atoms with Crippen LogP contribution in [0.2, 0.25) is 0 Å². The molecule has 4 heavy (non-hydrogen) atoms. The third-order valence-electron chi connectivity index (χ3n) is 0.144. The summed E-state index contributed by atoms with van der Waals surface area (Å²) < 4.78 is 19.5. The first-order valence-electron chi connectivity index (χ1n) is 2.67.